The van der Waals surface area contributed by atoms with Crippen LogP contribution in [0.2, 0.25) is 0 Å². The maximum absolute atomic E-state index is 12.7. The molecule has 0 saturated carbocycles. The molecule has 2 aromatic rings. The molecule has 5 nitrogen and oxygen atoms in total. The lowest BCUT2D eigenvalue weighted by Gasteiger charge is -1.88. The number of H-pyrrole nitrogens is 1. The van der Waals surface area contributed by atoms with Gasteiger partial charge < -0.3 is 0 Å². The molecule has 0 spiro atoms. The number of hydrogen-bond donors (Lipinski definition) is 1. The Morgan fingerprint density at radius 2 is 2.45 bits per heavy atom. The van der Waals surface area contributed by atoms with Crippen molar-refractivity contribution in [3.05, 3.63) is 28.7 Å². The second-order valence-electron chi connectivity index (χ2n) is 1.93. The fourth-order valence-electron chi connectivity index (χ4n) is 0.808. The van der Waals surface area contributed by atoms with E-state index < -0.39 is 11.6 Å². The van der Waals surface area contributed by atoms with Gasteiger partial charge in [-0.2, -0.15) is 4.39 Å². The van der Waals surface area contributed by atoms with Crippen LogP contribution in [0.4, 0.5) is 4.39 Å². The van der Waals surface area contributed by atoms with E-state index in [1.807, 2.05) is 0 Å². The van der Waals surface area contributed by atoms with Crippen molar-refractivity contribution in [2.24, 2.45) is 0 Å². The fraction of sp³-hybridized carbons (Fsp3) is 0. The molecule has 0 saturated heterocycles. The van der Waals surface area contributed by atoms with E-state index in [9.17, 15) is 9.18 Å². The molecule has 6 heteroatoms. The highest BCUT2D eigenvalue weighted by atomic mass is 19.1. The molecular formula is C5H3FN4O. The van der Waals surface area contributed by atoms with Gasteiger partial charge in [-0.15, -0.1) is 5.10 Å². The molecular weight excluding hydrogens is 151 g/mol. The van der Waals surface area contributed by atoms with Crippen molar-refractivity contribution in [1.29, 1.82) is 0 Å². The average molecular weight is 154 g/mol. The molecule has 0 bridgehead atoms. The summed E-state index contributed by atoms with van der Waals surface area (Å²) in [6.07, 6.45) is 1.24. The van der Waals surface area contributed by atoms with Crippen LogP contribution in [0.1, 0.15) is 0 Å². The average Bonchev–Trinajstić information content (AvgIpc) is 2.34. The summed E-state index contributed by atoms with van der Waals surface area (Å²) >= 11 is 0. The van der Waals surface area contributed by atoms with Crippen LogP contribution in [-0.4, -0.2) is 19.6 Å². The third-order valence-electron chi connectivity index (χ3n) is 1.27. The Bertz CT molecular complexity index is 445. The van der Waals surface area contributed by atoms with Gasteiger partial charge in [0.25, 0.3) is 5.78 Å². The molecule has 0 aliphatic heterocycles. The summed E-state index contributed by atoms with van der Waals surface area (Å²) in [7, 11) is 0. The predicted octanol–water partition coefficient (Wildman–Crippen LogP) is -0.443. The molecule has 0 radical (unpaired) electrons. The highest BCUT2D eigenvalue weighted by Gasteiger charge is 2.03. The van der Waals surface area contributed by atoms with Gasteiger partial charge in [0.1, 0.15) is 0 Å². The molecule has 11 heavy (non-hydrogen) atoms. The highest BCUT2D eigenvalue weighted by molar-refractivity contribution is 5.23. The van der Waals surface area contributed by atoms with E-state index in [0.29, 0.717) is 0 Å². The Morgan fingerprint density at radius 3 is 3.18 bits per heavy atom. The van der Waals surface area contributed by atoms with E-state index >= 15 is 0 Å². The quantitative estimate of drug-likeness (QED) is 0.523. The highest BCUT2D eigenvalue weighted by Crippen LogP contribution is 1.93. The van der Waals surface area contributed by atoms with Crippen molar-refractivity contribution >= 4 is 5.78 Å². The lowest BCUT2D eigenvalue weighted by molar-refractivity contribution is 0.558. The minimum Gasteiger partial charge on any atom is -0.246 e. The first-order valence-corrected chi connectivity index (χ1v) is 2.86. The monoisotopic (exact) mass is 154 g/mol. The van der Waals surface area contributed by atoms with Crippen molar-refractivity contribution in [1.82, 2.24) is 19.6 Å². The molecule has 0 unspecified atom stereocenters. The second kappa shape index (κ2) is 1.88. The number of halogens is 1. The Balaban J connectivity index is 3.08. The topological polar surface area (TPSA) is 63.0 Å². The van der Waals surface area contributed by atoms with Crippen molar-refractivity contribution in [3.63, 3.8) is 0 Å². The van der Waals surface area contributed by atoms with Gasteiger partial charge in [-0.1, -0.05) is 0 Å². The molecule has 2 heterocycles. The van der Waals surface area contributed by atoms with E-state index in [1.165, 1.54) is 6.20 Å². The first-order valence-electron chi connectivity index (χ1n) is 2.86. The predicted molar refractivity (Wildman–Crippen MR) is 33.6 cm³/mol. The summed E-state index contributed by atoms with van der Waals surface area (Å²) in [5.41, 5.74) is -0.620. The minimum atomic E-state index is -0.672. The van der Waals surface area contributed by atoms with E-state index in [0.717, 1.165) is 10.5 Å². The number of nitrogens with zero attached hydrogens (tertiary/aromatic N) is 3. The van der Waals surface area contributed by atoms with Gasteiger partial charge in [0, 0.05) is 12.3 Å². The van der Waals surface area contributed by atoms with Gasteiger partial charge in [0.15, 0.2) is 0 Å². The summed E-state index contributed by atoms with van der Waals surface area (Å²) in [5.74, 6) is -0.635. The van der Waals surface area contributed by atoms with Gasteiger partial charge in [0.05, 0.1) is 0 Å². The van der Waals surface area contributed by atoms with Crippen LogP contribution in [0.5, 0.6) is 0 Å². The first-order chi connectivity index (χ1) is 5.29. The van der Waals surface area contributed by atoms with Crippen molar-refractivity contribution in [2.45, 2.75) is 0 Å². The molecule has 56 valence electrons. The third kappa shape index (κ3) is 0.721. The molecule has 0 atom stereocenters. The lowest BCUT2D eigenvalue weighted by atomic mass is 10.6. The van der Waals surface area contributed by atoms with Gasteiger partial charge in [0.2, 0.25) is 5.95 Å². The summed E-state index contributed by atoms with van der Waals surface area (Å²) in [6.45, 7) is 0. The van der Waals surface area contributed by atoms with E-state index in [-0.39, 0.29) is 5.78 Å². The van der Waals surface area contributed by atoms with E-state index in [2.05, 4.69) is 15.2 Å². The van der Waals surface area contributed by atoms with E-state index in [4.69, 9.17) is 0 Å². The summed E-state index contributed by atoms with van der Waals surface area (Å²) in [4.78, 5) is 14.4. The molecule has 2 rings (SSSR count). The largest absolute Gasteiger partial charge is 0.351 e. The number of hydrogen-bond acceptors (Lipinski definition) is 3. The van der Waals surface area contributed by atoms with Crippen LogP contribution in [0.3, 0.4) is 0 Å². The van der Waals surface area contributed by atoms with Gasteiger partial charge in [-0.3, -0.25) is 0 Å². The summed E-state index contributed by atoms with van der Waals surface area (Å²) < 4.78 is 13.5. The van der Waals surface area contributed by atoms with Crippen LogP contribution in [-0.2, 0) is 0 Å². The fourth-order valence-corrected chi connectivity index (χ4v) is 0.808. The zero-order valence-electron chi connectivity index (χ0n) is 5.28. The smallest absolute Gasteiger partial charge is 0.246 e. The van der Waals surface area contributed by atoms with Crippen LogP contribution in [0, 0.1) is 5.95 Å². The van der Waals surface area contributed by atoms with Crippen molar-refractivity contribution in [2.75, 3.05) is 0 Å². The SMILES string of the molecule is O=c1[nH]nc2nccc(F)n12. The Kier molecular flexibility index (Phi) is 1.03. The maximum atomic E-state index is 12.7. The first kappa shape index (κ1) is 6.02. The Labute approximate surface area is 59.5 Å². The summed E-state index contributed by atoms with van der Waals surface area (Å²) in [6, 6.07) is 1.09. The second-order valence-corrected chi connectivity index (χ2v) is 1.93. The molecule has 0 amide bonds. The number of rotatable bonds is 0. The molecule has 2 aromatic heterocycles. The molecule has 0 fully saturated rings. The number of aromatic nitrogens is 4. The van der Waals surface area contributed by atoms with Crippen LogP contribution >= 0.6 is 0 Å². The number of aromatic amines is 1. The molecule has 0 aliphatic carbocycles. The lowest BCUT2D eigenvalue weighted by Crippen LogP contribution is -2.12. The third-order valence-corrected chi connectivity index (χ3v) is 1.27. The summed E-state index contributed by atoms with van der Waals surface area (Å²) in [5, 5.41) is 5.53. The van der Waals surface area contributed by atoms with Gasteiger partial charge in [-0.25, -0.2) is 19.3 Å². The Hall–Kier alpha value is -1.72. The van der Waals surface area contributed by atoms with Crippen LogP contribution in [0.25, 0.3) is 5.78 Å². The molecule has 1 N–H and O–H groups in total. The van der Waals surface area contributed by atoms with Gasteiger partial charge >= 0.3 is 5.69 Å². The van der Waals surface area contributed by atoms with Crippen LogP contribution < -0.4 is 5.69 Å². The zero-order valence-corrected chi connectivity index (χ0v) is 5.28. The number of nitrogens with one attached hydrogen (secondary N) is 1. The zero-order chi connectivity index (χ0) is 7.84. The molecule has 0 aliphatic rings. The normalized spacial score (nSPS) is 10.6. The maximum Gasteiger partial charge on any atom is 0.351 e. The van der Waals surface area contributed by atoms with Crippen LogP contribution in [0.15, 0.2) is 17.1 Å². The molecule has 0 aromatic carbocycles. The van der Waals surface area contributed by atoms with Crippen molar-refractivity contribution in [3.8, 4) is 0 Å². The standard InChI is InChI=1S/C5H3FN4O/c6-3-1-2-7-4-8-9-5(11)10(3)4/h1-2H,(H,9,11). The number of fused-ring (bicyclic) bond motifs is 1. The van der Waals surface area contributed by atoms with E-state index in [1.54, 1.807) is 0 Å². The minimum absolute atomic E-state index is 0.0370. The van der Waals surface area contributed by atoms with Crippen molar-refractivity contribution < 1.29 is 4.39 Å². The Morgan fingerprint density at radius 1 is 1.64 bits per heavy atom. The van der Waals surface area contributed by atoms with Gasteiger partial charge in [-0.05, 0) is 0 Å².